The molecule has 0 saturated heterocycles. The van der Waals surface area contributed by atoms with Gasteiger partial charge in [0.2, 0.25) is 0 Å². The molecule has 310 valence electrons. The van der Waals surface area contributed by atoms with E-state index in [0.29, 0.717) is 0 Å². The van der Waals surface area contributed by atoms with Gasteiger partial charge in [-0.2, -0.15) is 0 Å². The summed E-state index contributed by atoms with van der Waals surface area (Å²) in [5, 5.41) is 4.92. The van der Waals surface area contributed by atoms with Crippen molar-refractivity contribution in [3.63, 3.8) is 0 Å². The minimum atomic E-state index is 1.06. The van der Waals surface area contributed by atoms with Crippen molar-refractivity contribution in [3.05, 3.63) is 267 Å². The van der Waals surface area contributed by atoms with E-state index in [9.17, 15) is 0 Å². The first kappa shape index (κ1) is 38.9. The minimum absolute atomic E-state index is 1.06. The molecule has 0 saturated carbocycles. The fourth-order valence-corrected chi connectivity index (χ4v) is 9.97. The molecule has 11 aromatic carbocycles. The molecule has 0 N–H and O–H groups in total. The Kier molecular flexibility index (Phi) is 9.89. The van der Waals surface area contributed by atoms with Crippen LogP contribution in [0.5, 0.6) is 0 Å². The molecule has 0 aliphatic rings. The average Bonchev–Trinajstić information content (AvgIpc) is 3.74. The predicted octanol–water partition coefficient (Wildman–Crippen LogP) is 17.7. The molecular formula is C64H44N2. The summed E-state index contributed by atoms with van der Waals surface area (Å²) in [6.45, 7) is 0. The Morgan fingerprint density at radius 1 is 0.288 bits per heavy atom. The van der Waals surface area contributed by atoms with Crippen LogP contribution >= 0.6 is 0 Å². The van der Waals surface area contributed by atoms with E-state index in [4.69, 9.17) is 0 Å². The van der Waals surface area contributed by atoms with Crippen molar-refractivity contribution >= 4 is 49.6 Å². The van der Waals surface area contributed by atoms with Gasteiger partial charge in [0.15, 0.2) is 0 Å². The molecule has 12 rings (SSSR count). The van der Waals surface area contributed by atoms with E-state index in [-0.39, 0.29) is 0 Å². The number of fused-ring (bicyclic) bond motifs is 4. The van der Waals surface area contributed by atoms with Crippen LogP contribution in [0.4, 0.5) is 17.1 Å². The third-order valence-corrected chi connectivity index (χ3v) is 13.0. The lowest BCUT2D eigenvalue weighted by Gasteiger charge is -2.30. The van der Waals surface area contributed by atoms with E-state index < -0.39 is 0 Å². The van der Waals surface area contributed by atoms with Crippen molar-refractivity contribution in [2.45, 2.75) is 0 Å². The molecule has 0 atom stereocenters. The molecule has 0 spiro atoms. The van der Waals surface area contributed by atoms with Crippen LogP contribution in [0.25, 0.3) is 93.9 Å². The molecule has 66 heavy (non-hydrogen) atoms. The van der Waals surface area contributed by atoms with Crippen LogP contribution in [0.1, 0.15) is 0 Å². The van der Waals surface area contributed by atoms with Crippen molar-refractivity contribution in [1.82, 2.24) is 4.57 Å². The van der Waals surface area contributed by atoms with E-state index in [0.717, 1.165) is 45.0 Å². The minimum Gasteiger partial charge on any atom is -0.310 e. The molecule has 0 aliphatic carbocycles. The first-order valence-electron chi connectivity index (χ1n) is 22.7. The number of hydrogen-bond acceptors (Lipinski definition) is 1. The van der Waals surface area contributed by atoms with E-state index in [2.05, 4.69) is 276 Å². The standard InChI is InChI=1S/C64H44N2/c1-4-21-46(22-5-1)55-32-12-13-34-59(55)63-56(47-23-6-2-7-24-47)35-19-39-62(63)65(53-30-16-26-49(43-53)50-41-40-45-20-10-11-25-48(45)42-50)54-31-17-27-51(44-54)57-36-18-37-60-58-33-14-15-38-61(58)66(64(57)60)52-28-8-3-9-29-52/h1-44H. The second kappa shape index (κ2) is 16.8. The molecule has 0 bridgehead atoms. The molecule has 2 nitrogen and oxygen atoms in total. The van der Waals surface area contributed by atoms with Crippen LogP contribution < -0.4 is 4.90 Å². The van der Waals surface area contributed by atoms with Gasteiger partial charge in [0.25, 0.3) is 0 Å². The van der Waals surface area contributed by atoms with Gasteiger partial charge in [0.1, 0.15) is 0 Å². The molecule has 0 amide bonds. The third-order valence-electron chi connectivity index (χ3n) is 13.0. The highest BCUT2D eigenvalue weighted by molar-refractivity contribution is 6.14. The van der Waals surface area contributed by atoms with Gasteiger partial charge in [-0.3, -0.25) is 0 Å². The van der Waals surface area contributed by atoms with Gasteiger partial charge in [-0.1, -0.05) is 212 Å². The average molecular weight is 841 g/mol. The molecule has 0 unspecified atom stereocenters. The Morgan fingerprint density at radius 3 is 1.58 bits per heavy atom. The lowest BCUT2D eigenvalue weighted by molar-refractivity contribution is 1.18. The Morgan fingerprint density at radius 2 is 0.803 bits per heavy atom. The zero-order valence-corrected chi connectivity index (χ0v) is 36.3. The highest BCUT2D eigenvalue weighted by Gasteiger charge is 2.24. The zero-order valence-electron chi connectivity index (χ0n) is 36.3. The topological polar surface area (TPSA) is 8.17 Å². The summed E-state index contributed by atoms with van der Waals surface area (Å²) in [6, 6.07) is 97.1. The Bertz CT molecular complexity index is 3700. The molecule has 0 fully saturated rings. The van der Waals surface area contributed by atoms with Gasteiger partial charge < -0.3 is 9.47 Å². The van der Waals surface area contributed by atoms with Crippen molar-refractivity contribution in [2.24, 2.45) is 0 Å². The van der Waals surface area contributed by atoms with Crippen LogP contribution in [0.3, 0.4) is 0 Å². The van der Waals surface area contributed by atoms with E-state index in [1.165, 1.54) is 66.0 Å². The number of rotatable bonds is 9. The molecule has 0 radical (unpaired) electrons. The quantitative estimate of drug-likeness (QED) is 0.141. The largest absolute Gasteiger partial charge is 0.310 e. The summed E-state index contributed by atoms with van der Waals surface area (Å²) in [6.07, 6.45) is 0. The summed E-state index contributed by atoms with van der Waals surface area (Å²) in [5.41, 5.74) is 18.4. The van der Waals surface area contributed by atoms with Gasteiger partial charge in [0, 0.05) is 39.0 Å². The Labute approximate surface area is 385 Å². The zero-order chi connectivity index (χ0) is 43.8. The summed E-state index contributed by atoms with van der Waals surface area (Å²) >= 11 is 0. The van der Waals surface area contributed by atoms with Gasteiger partial charge in [0.05, 0.1) is 16.7 Å². The van der Waals surface area contributed by atoms with Crippen molar-refractivity contribution in [1.29, 1.82) is 0 Å². The fraction of sp³-hybridized carbons (Fsp3) is 0. The number of benzene rings is 11. The van der Waals surface area contributed by atoms with Gasteiger partial charge >= 0.3 is 0 Å². The molecule has 1 aromatic heterocycles. The number of para-hydroxylation sites is 3. The van der Waals surface area contributed by atoms with Crippen molar-refractivity contribution < 1.29 is 0 Å². The molecule has 2 heteroatoms. The summed E-state index contributed by atoms with van der Waals surface area (Å²) < 4.78 is 2.43. The number of aromatic nitrogens is 1. The number of nitrogens with zero attached hydrogens (tertiary/aromatic N) is 2. The van der Waals surface area contributed by atoms with E-state index in [1.807, 2.05) is 0 Å². The SMILES string of the molecule is c1ccc(-c2ccccc2-c2c(-c3ccccc3)cccc2N(c2cccc(-c3ccc4ccccc4c3)c2)c2cccc(-c3cccc4c5ccccc5n(-c5ccccc5)c34)c2)cc1. The second-order valence-electron chi connectivity index (χ2n) is 16.9. The monoisotopic (exact) mass is 840 g/mol. The normalized spacial score (nSPS) is 11.3. The maximum absolute atomic E-state index is 2.48. The lowest BCUT2D eigenvalue weighted by atomic mass is 9.87. The van der Waals surface area contributed by atoms with Crippen molar-refractivity contribution in [3.8, 4) is 61.3 Å². The van der Waals surface area contributed by atoms with Crippen LogP contribution in [-0.2, 0) is 0 Å². The smallest absolute Gasteiger partial charge is 0.0619 e. The highest BCUT2D eigenvalue weighted by Crippen LogP contribution is 2.49. The first-order valence-corrected chi connectivity index (χ1v) is 22.7. The van der Waals surface area contributed by atoms with Gasteiger partial charge in [-0.15, -0.1) is 0 Å². The van der Waals surface area contributed by atoms with Crippen LogP contribution in [0.15, 0.2) is 267 Å². The summed E-state index contributed by atoms with van der Waals surface area (Å²) in [7, 11) is 0. The molecular weight excluding hydrogens is 797 g/mol. The summed E-state index contributed by atoms with van der Waals surface area (Å²) in [4.78, 5) is 2.48. The highest BCUT2D eigenvalue weighted by atomic mass is 15.1. The molecule has 12 aromatic rings. The van der Waals surface area contributed by atoms with Crippen LogP contribution in [-0.4, -0.2) is 4.57 Å². The van der Waals surface area contributed by atoms with Gasteiger partial charge in [-0.05, 0) is 110 Å². The molecule has 0 aliphatic heterocycles. The Balaban J connectivity index is 1.13. The van der Waals surface area contributed by atoms with E-state index in [1.54, 1.807) is 0 Å². The third kappa shape index (κ3) is 6.93. The van der Waals surface area contributed by atoms with Crippen LogP contribution in [0.2, 0.25) is 0 Å². The van der Waals surface area contributed by atoms with Gasteiger partial charge in [-0.25, -0.2) is 0 Å². The number of anilines is 3. The maximum Gasteiger partial charge on any atom is 0.0619 e. The molecule has 1 heterocycles. The summed E-state index contributed by atoms with van der Waals surface area (Å²) in [5.74, 6) is 0. The Hall–Kier alpha value is -8.72. The maximum atomic E-state index is 2.48. The fourth-order valence-electron chi connectivity index (χ4n) is 9.97. The predicted molar refractivity (Wildman–Crippen MR) is 280 cm³/mol. The van der Waals surface area contributed by atoms with Crippen LogP contribution in [0, 0.1) is 0 Å². The first-order chi connectivity index (χ1) is 32.8. The van der Waals surface area contributed by atoms with E-state index >= 15 is 0 Å². The van der Waals surface area contributed by atoms with Crippen molar-refractivity contribution in [2.75, 3.05) is 4.90 Å². The lowest BCUT2D eigenvalue weighted by Crippen LogP contribution is -2.12. The number of hydrogen-bond donors (Lipinski definition) is 0. The second-order valence-corrected chi connectivity index (χ2v) is 16.9.